The molecule has 0 heterocycles. The normalized spacial score (nSPS) is 13.8. The highest BCUT2D eigenvalue weighted by Crippen LogP contribution is 2.41. The molecule has 0 bridgehead atoms. The molecule has 0 aliphatic heterocycles. The highest BCUT2D eigenvalue weighted by Gasteiger charge is 2.26. The van der Waals surface area contributed by atoms with Crippen LogP contribution in [0.3, 0.4) is 0 Å². The zero-order valence-corrected chi connectivity index (χ0v) is 19.6. The quantitative estimate of drug-likeness (QED) is 0.395. The van der Waals surface area contributed by atoms with Crippen molar-refractivity contribution >= 4 is 11.5 Å². The lowest BCUT2D eigenvalue weighted by atomic mass is 9.78. The summed E-state index contributed by atoms with van der Waals surface area (Å²) < 4.78 is 6.26. The Balaban J connectivity index is 3.61. The topological polar surface area (TPSA) is 46.5 Å². The summed E-state index contributed by atoms with van der Waals surface area (Å²) in [5.74, 6) is 0.0168. The van der Waals surface area contributed by atoms with Gasteiger partial charge in [0, 0.05) is 17.2 Å². The fourth-order valence-electron chi connectivity index (χ4n) is 2.95. The van der Waals surface area contributed by atoms with Crippen LogP contribution < -0.4 is 4.74 Å². The maximum Gasteiger partial charge on any atom is 0.328 e. The van der Waals surface area contributed by atoms with E-state index in [1.165, 1.54) is 17.2 Å². The Bertz CT molecular complexity index is 810. The van der Waals surface area contributed by atoms with Gasteiger partial charge in [-0.3, -0.25) is 0 Å². The van der Waals surface area contributed by atoms with E-state index in [0.29, 0.717) is 12.2 Å². The molecule has 160 valence electrons. The summed E-state index contributed by atoms with van der Waals surface area (Å²) in [5, 5.41) is 8.86. The zero-order chi connectivity index (χ0) is 22.4. The van der Waals surface area contributed by atoms with Gasteiger partial charge in [0.1, 0.15) is 5.75 Å². The molecule has 0 unspecified atom stereocenters. The van der Waals surface area contributed by atoms with Gasteiger partial charge in [-0.15, -0.1) is 0 Å². The molecule has 1 rings (SSSR count). The van der Waals surface area contributed by atoms with E-state index in [1.54, 1.807) is 6.92 Å². The highest BCUT2D eigenvalue weighted by molar-refractivity contribution is 5.81. The van der Waals surface area contributed by atoms with E-state index in [9.17, 15) is 4.79 Å². The molecule has 0 aliphatic carbocycles. The Morgan fingerprint density at radius 1 is 1.07 bits per heavy atom. The molecule has 1 aromatic carbocycles. The molecule has 0 amide bonds. The van der Waals surface area contributed by atoms with Gasteiger partial charge in [0.2, 0.25) is 0 Å². The number of rotatable bonds is 7. The van der Waals surface area contributed by atoms with E-state index < -0.39 is 5.97 Å². The van der Waals surface area contributed by atoms with Gasteiger partial charge in [-0.05, 0) is 53.9 Å². The first-order valence-corrected chi connectivity index (χ1v) is 10.4. The molecule has 1 N–H and O–H groups in total. The van der Waals surface area contributed by atoms with Crippen molar-refractivity contribution in [2.75, 3.05) is 6.61 Å². The average Bonchev–Trinajstić information content (AvgIpc) is 2.56. The van der Waals surface area contributed by atoms with Gasteiger partial charge in [-0.2, -0.15) is 0 Å². The lowest BCUT2D eigenvalue weighted by Crippen LogP contribution is -2.19. The smallest absolute Gasteiger partial charge is 0.328 e. The monoisotopic (exact) mass is 398 g/mol. The van der Waals surface area contributed by atoms with Crippen LogP contribution in [0.4, 0.5) is 0 Å². The van der Waals surface area contributed by atoms with Crippen molar-refractivity contribution in [3.8, 4) is 5.75 Å². The molecular weight excluding hydrogens is 360 g/mol. The van der Waals surface area contributed by atoms with Crippen LogP contribution in [0.5, 0.6) is 5.75 Å². The van der Waals surface area contributed by atoms with Crippen molar-refractivity contribution in [1.82, 2.24) is 0 Å². The summed E-state index contributed by atoms with van der Waals surface area (Å²) in [6, 6.07) is 4.53. The standard InChI is InChI=1S/C26H38O3/c1-10-14-29-24-21(19(3)13-11-12-18(2)15-23(27)28)16-20(25(4,5)6)17-22(24)26(7,8)9/h11-13,15-17H,10,14H2,1-9H3,(H,27,28)/b12-11+,18-15+,19-13+. The van der Waals surface area contributed by atoms with Crippen LogP contribution in [-0.4, -0.2) is 17.7 Å². The molecule has 0 saturated heterocycles. The fraction of sp³-hybridized carbons (Fsp3) is 0.500. The predicted octanol–water partition coefficient (Wildman–Crippen LogP) is 7.06. The molecular formula is C26H38O3. The number of carbonyl (C=O) groups is 1. The Kier molecular flexibility index (Phi) is 8.50. The van der Waals surface area contributed by atoms with Crippen LogP contribution in [0.25, 0.3) is 5.57 Å². The predicted molar refractivity (Wildman–Crippen MR) is 124 cm³/mol. The number of benzene rings is 1. The van der Waals surface area contributed by atoms with Gasteiger partial charge in [0.25, 0.3) is 0 Å². The maximum absolute atomic E-state index is 10.8. The number of allylic oxidation sites excluding steroid dienone is 5. The molecule has 29 heavy (non-hydrogen) atoms. The summed E-state index contributed by atoms with van der Waals surface area (Å²) in [7, 11) is 0. The number of ether oxygens (including phenoxy) is 1. The van der Waals surface area contributed by atoms with Gasteiger partial charge in [-0.25, -0.2) is 4.79 Å². The minimum atomic E-state index is -0.934. The van der Waals surface area contributed by atoms with E-state index in [1.807, 2.05) is 18.2 Å². The van der Waals surface area contributed by atoms with E-state index in [4.69, 9.17) is 9.84 Å². The molecule has 0 saturated carbocycles. The van der Waals surface area contributed by atoms with E-state index in [2.05, 4.69) is 67.5 Å². The minimum absolute atomic E-state index is 0.0228. The Morgan fingerprint density at radius 3 is 2.17 bits per heavy atom. The number of carboxylic acids is 1. The number of hydrogen-bond donors (Lipinski definition) is 1. The highest BCUT2D eigenvalue weighted by atomic mass is 16.5. The second-order valence-corrected chi connectivity index (χ2v) is 9.68. The average molecular weight is 399 g/mol. The third-order valence-electron chi connectivity index (χ3n) is 4.69. The molecule has 0 fully saturated rings. The maximum atomic E-state index is 10.8. The van der Waals surface area contributed by atoms with Gasteiger partial charge in [-0.1, -0.05) is 72.8 Å². The SMILES string of the molecule is CCCOc1c(/C(C)=C/C=C/C(C)=C/C(=O)O)cc(C(C)(C)C)cc1C(C)(C)C. The van der Waals surface area contributed by atoms with Crippen LogP contribution in [0.15, 0.2) is 42.0 Å². The van der Waals surface area contributed by atoms with E-state index >= 15 is 0 Å². The van der Waals surface area contributed by atoms with Gasteiger partial charge in [0.05, 0.1) is 6.61 Å². The second kappa shape index (κ2) is 9.96. The summed E-state index contributed by atoms with van der Waals surface area (Å²) >= 11 is 0. The first kappa shape index (κ1) is 24.7. The number of hydrogen-bond acceptors (Lipinski definition) is 2. The number of aliphatic carboxylic acids is 1. The van der Waals surface area contributed by atoms with Crippen molar-refractivity contribution < 1.29 is 14.6 Å². The number of carboxylic acid groups (broad SMARTS) is 1. The van der Waals surface area contributed by atoms with Crippen molar-refractivity contribution in [1.29, 1.82) is 0 Å². The van der Waals surface area contributed by atoms with Gasteiger partial charge >= 0.3 is 5.97 Å². The molecule has 3 heteroatoms. The Labute approximate surface area is 177 Å². The van der Waals surface area contributed by atoms with Gasteiger partial charge in [0.15, 0.2) is 0 Å². The third-order valence-corrected chi connectivity index (χ3v) is 4.69. The first-order chi connectivity index (χ1) is 13.3. The van der Waals surface area contributed by atoms with E-state index in [0.717, 1.165) is 23.3 Å². The molecule has 3 nitrogen and oxygen atoms in total. The van der Waals surface area contributed by atoms with Crippen molar-refractivity contribution in [3.05, 3.63) is 58.7 Å². The lowest BCUT2D eigenvalue weighted by Gasteiger charge is -2.29. The molecule has 0 spiro atoms. The van der Waals surface area contributed by atoms with Crippen LogP contribution in [0.2, 0.25) is 0 Å². The van der Waals surface area contributed by atoms with Crippen molar-refractivity contribution in [2.24, 2.45) is 0 Å². The third kappa shape index (κ3) is 7.56. The largest absolute Gasteiger partial charge is 0.493 e. The summed E-state index contributed by atoms with van der Waals surface area (Å²) in [6.45, 7) is 20.0. The fourth-order valence-corrected chi connectivity index (χ4v) is 2.95. The lowest BCUT2D eigenvalue weighted by molar-refractivity contribution is -0.131. The van der Waals surface area contributed by atoms with Crippen LogP contribution in [-0.2, 0) is 15.6 Å². The van der Waals surface area contributed by atoms with E-state index in [-0.39, 0.29) is 10.8 Å². The molecule has 0 atom stereocenters. The second-order valence-electron chi connectivity index (χ2n) is 9.68. The molecule has 0 aromatic heterocycles. The summed E-state index contributed by atoms with van der Waals surface area (Å²) in [6.07, 6.45) is 7.88. The van der Waals surface area contributed by atoms with Crippen LogP contribution in [0, 0.1) is 0 Å². The Morgan fingerprint density at radius 2 is 1.69 bits per heavy atom. The molecule has 1 aromatic rings. The van der Waals surface area contributed by atoms with Crippen LogP contribution in [0.1, 0.15) is 85.4 Å². The van der Waals surface area contributed by atoms with Crippen molar-refractivity contribution in [3.63, 3.8) is 0 Å². The van der Waals surface area contributed by atoms with Gasteiger partial charge < -0.3 is 9.84 Å². The summed E-state index contributed by atoms with van der Waals surface area (Å²) in [5.41, 5.74) is 5.35. The van der Waals surface area contributed by atoms with Crippen molar-refractivity contribution in [2.45, 2.75) is 79.6 Å². The molecule has 0 radical (unpaired) electrons. The Hall–Kier alpha value is -2.29. The first-order valence-electron chi connectivity index (χ1n) is 10.4. The molecule has 0 aliphatic rings. The minimum Gasteiger partial charge on any atom is -0.493 e. The van der Waals surface area contributed by atoms with Crippen LogP contribution >= 0.6 is 0 Å². The summed E-state index contributed by atoms with van der Waals surface area (Å²) in [4.78, 5) is 10.8. The zero-order valence-electron chi connectivity index (χ0n) is 19.6.